The summed E-state index contributed by atoms with van der Waals surface area (Å²) in [7, 11) is 0. The van der Waals surface area contributed by atoms with E-state index < -0.39 is 0 Å². The van der Waals surface area contributed by atoms with Crippen LogP contribution in [0.2, 0.25) is 0 Å². The molecule has 1 heterocycles. The normalized spacial score (nSPS) is 10.6. The molecule has 0 radical (unpaired) electrons. The molecule has 2 aromatic rings. The lowest BCUT2D eigenvalue weighted by Crippen LogP contribution is -2.27. The first-order chi connectivity index (χ1) is 12.0. The largest absolute Gasteiger partial charge is 0.352 e. The molecule has 0 fully saturated rings. The molecule has 0 aliphatic heterocycles. The van der Waals surface area contributed by atoms with Crippen molar-refractivity contribution >= 4 is 11.8 Å². The Labute approximate surface area is 148 Å². The van der Waals surface area contributed by atoms with Crippen LogP contribution in [-0.2, 0) is 6.54 Å². The molecule has 5 heteroatoms. The minimum atomic E-state index is -0.294. The average Bonchev–Trinajstić information content (AvgIpc) is 2.60. The van der Waals surface area contributed by atoms with Crippen molar-refractivity contribution < 1.29 is 9.59 Å². The van der Waals surface area contributed by atoms with Crippen molar-refractivity contribution in [2.45, 2.75) is 33.7 Å². The molecule has 0 bridgehead atoms. The minimum Gasteiger partial charge on any atom is -0.352 e. The van der Waals surface area contributed by atoms with Crippen LogP contribution in [0, 0.1) is 12.8 Å². The number of rotatable bonds is 7. The van der Waals surface area contributed by atoms with E-state index in [2.05, 4.69) is 29.5 Å². The van der Waals surface area contributed by atoms with Crippen molar-refractivity contribution in [2.75, 3.05) is 6.54 Å². The van der Waals surface area contributed by atoms with Gasteiger partial charge in [-0.2, -0.15) is 0 Å². The number of nitrogens with zero attached hydrogens (tertiary/aromatic N) is 1. The first-order valence-electron chi connectivity index (χ1n) is 8.53. The van der Waals surface area contributed by atoms with Crippen LogP contribution >= 0.6 is 0 Å². The maximum atomic E-state index is 12.3. The Morgan fingerprint density at radius 1 is 1.04 bits per heavy atom. The Hall–Kier alpha value is -2.69. The zero-order valence-corrected chi connectivity index (χ0v) is 15.0. The van der Waals surface area contributed by atoms with Crippen LogP contribution < -0.4 is 10.6 Å². The second-order valence-electron chi connectivity index (χ2n) is 6.54. The summed E-state index contributed by atoms with van der Waals surface area (Å²) in [6, 6.07) is 11.1. The molecule has 1 aromatic carbocycles. The van der Waals surface area contributed by atoms with E-state index in [-0.39, 0.29) is 17.5 Å². The molecule has 2 rings (SSSR count). The number of nitrogens with one attached hydrogen (secondary N) is 2. The molecule has 0 saturated carbocycles. The number of carbonyl (C=O) groups is 2. The fourth-order valence-corrected chi connectivity index (χ4v) is 2.25. The number of hydrogen-bond acceptors (Lipinski definition) is 3. The number of benzene rings is 1. The summed E-state index contributed by atoms with van der Waals surface area (Å²) in [5.41, 5.74) is 2.87. The Bertz CT molecular complexity index is 724. The lowest BCUT2D eigenvalue weighted by atomic mass is 10.1. The van der Waals surface area contributed by atoms with Crippen LogP contribution in [-0.4, -0.2) is 23.3 Å². The highest BCUT2D eigenvalue weighted by molar-refractivity contribution is 5.98. The van der Waals surface area contributed by atoms with Gasteiger partial charge >= 0.3 is 0 Å². The second-order valence-corrected chi connectivity index (χ2v) is 6.54. The van der Waals surface area contributed by atoms with Crippen molar-refractivity contribution in [3.63, 3.8) is 0 Å². The summed E-state index contributed by atoms with van der Waals surface area (Å²) >= 11 is 0. The molecular formula is C20H25N3O2. The summed E-state index contributed by atoms with van der Waals surface area (Å²) in [6.45, 7) is 7.27. The van der Waals surface area contributed by atoms with E-state index in [1.807, 2.05) is 31.2 Å². The minimum absolute atomic E-state index is 0.185. The zero-order chi connectivity index (χ0) is 18.2. The predicted octanol–water partition coefficient (Wildman–Crippen LogP) is 3.10. The van der Waals surface area contributed by atoms with Gasteiger partial charge in [-0.15, -0.1) is 0 Å². The molecular weight excluding hydrogens is 314 g/mol. The number of hydrogen-bond donors (Lipinski definition) is 2. The smallest absolute Gasteiger partial charge is 0.270 e. The molecule has 0 spiro atoms. The van der Waals surface area contributed by atoms with Crippen LogP contribution in [0.25, 0.3) is 0 Å². The summed E-state index contributed by atoms with van der Waals surface area (Å²) in [4.78, 5) is 28.5. The Morgan fingerprint density at radius 2 is 1.76 bits per heavy atom. The third-order valence-corrected chi connectivity index (χ3v) is 3.84. The third kappa shape index (κ3) is 6.03. The number of carbonyl (C=O) groups excluding carboxylic acids is 2. The van der Waals surface area contributed by atoms with Gasteiger partial charge in [0.05, 0.1) is 0 Å². The van der Waals surface area contributed by atoms with Crippen LogP contribution in [0.4, 0.5) is 0 Å². The van der Waals surface area contributed by atoms with Gasteiger partial charge in [0.1, 0.15) is 5.69 Å². The highest BCUT2D eigenvalue weighted by Crippen LogP contribution is 2.05. The first kappa shape index (κ1) is 18.6. The molecule has 0 atom stereocenters. The van der Waals surface area contributed by atoms with Gasteiger partial charge in [-0.3, -0.25) is 14.6 Å². The SMILES string of the molecule is Cc1ccc(CNC(=O)c2cc(C(=O)NCCC(C)C)ccn2)cc1. The molecule has 2 amide bonds. The average molecular weight is 339 g/mol. The van der Waals surface area contributed by atoms with E-state index >= 15 is 0 Å². The van der Waals surface area contributed by atoms with Gasteiger partial charge in [-0.05, 0) is 37.0 Å². The fraction of sp³-hybridized carbons (Fsp3) is 0.350. The van der Waals surface area contributed by atoms with Gasteiger partial charge in [0.2, 0.25) is 0 Å². The molecule has 1 aromatic heterocycles. The number of pyridine rings is 1. The van der Waals surface area contributed by atoms with Gasteiger partial charge in [-0.25, -0.2) is 0 Å². The number of aryl methyl sites for hydroxylation is 1. The van der Waals surface area contributed by atoms with Gasteiger partial charge in [0, 0.05) is 24.8 Å². The second kappa shape index (κ2) is 8.97. The molecule has 132 valence electrons. The van der Waals surface area contributed by atoms with E-state index in [9.17, 15) is 9.59 Å². The highest BCUT2D eigenvalue weighted by atomic mass is 16.2. The van der Waals surface area contributed by atoms with E-state index in [1.165, 1.54) is 17.8 Å². The van der Waals surface area contributed by atoms with E-state index in [4.69, 9.17) is 0 Å². The van der Waals surface area contributed by atoms with Gasteiger partial charge in [0.25, 0.3) is 11.8 Å². The molecule has 0 saturated heterocycles. The third-order valence-electron chi connectivity index (χ3n) is 3.84. The summed E-state index contributed by atoms with van der Waals surface area (Å²) in [5, 5.41) is 5.69. The number of amides is 2. The Morgan fingerprint density at radius 3 is 2.44 bits per heavy atom. The van der Waals surface area contributed by atoms with Crippen LogP contribution in [0.3, 0.4) is 0 Å². The van der Waals surface area contributed by atoms with Crippen molar-refractivity contribution in [1.29, 1.82) is 0 Å². The monoisotopic (exact) mass is 339 g/mol. The van der Waals surface area contributed by atoms with Crippen molar-refractivity contribution in [3.8, 4) is 0 Å². The highest BCUT2D eigenvalue weighted by Gasteiger charge is 2.11. The summed E-state index contributed by atoms with van der Waals surface area (Å²) in [5.74, 6) is 0.0499. The van der Waals surface area contributed by atoms with Crippen LogP contribution in [0.5, 0.6) is 0 Å². The molecule has 5 nitrogen and oxygen atoms in total. The lowest BCUT2D eigenvalue weighted by molar-refractivity contribution is 0.0946. The topological polar surface area (TPSA) is 71.1 Å². The standard InChI is InChI=1S/C20H25N3O2/c1-14(2)8-10-22-19(24)17-9-11-21-18(12-17)20(25)23-13-16-6-4-15(3)5-7-16/h4-7,9,11-12,14H,8,10,13H2,1-3H3,(H,22,24)(H,23,25). The molecule has 0 aliphatic rings. The van der Waals surface area contributed by atoms with Crippen LogP contribution in [0.1, 0.15) is 52.2 Å². The maximum absolute atomic E-state index is 12.3. The first-order valence-corrected chi connectivity index (χ1v) is 8.53. The molecule has 25 heavy (non-hydrogen) atoms. The molecule has 0 unspecified atom stereocenters. The summed E-state index contributed by atoms with van der Waals surface area (Å²) in [6.07, 6.45) is 2.40. The molecule has 0 aliphatic carbocycles. The van der Waals surface area contributed by atoms with Crippen molar-refractivity contribution in [1.82, 2.24) is 15.6 Å². The van der Waals surface area contributed by atoms with Crippen molar-refractivity contribution in [3.05, 3.63) is 65.0 Å². The van der Waals surface area contributed by atoms with E-state index in [1.54, 1.807) is 6.07 Å². The number of aromatic nitrogens is 1. The van der Waals surface area contributed by atoms with Crippen molar-refractivity contribution in [2.24, 2.45) is 5.92 Å². The Kier molecular flexibility index (Phi) is 6.69. The van der Waals surface area contributed by atoms with E-state index in [0.717, 1.165) is 12.0 Å². The quantitative estimate of drug-likeness (QED) is 0.814. The zero-order valence-electron chi connectivity index (χ0n) is 15.0. The molecule has 2 N–H and O–H groups in total. The summed E-state index contributed by atoms with van der Waals surface area (Å²) < 4.78 is 0. The van der Waals surface area contributed by atoms with Gasteiger partial charge in [0.15, 0.2) is 0 Å². The van der Waals surface area contributed by atoms with Gasteiger partial charge in [-0.1, -0.05) is 43.7 Å². The van der Waals surface area contributed by atoms with Crippen LogP contribution in [0.15, 0.2) is 42.6 Å². The predicted molar refractivity (Wildman–Crippen MR) is 98.4 cm³/mol. The van der Waals surface area contributed by atoms with E-state index in [0.29, 0.717) is 24.6 Å². The fourth-order valence-electron chi connectivity index (χ4n) is 2.25. The van der Waals surface area contributed by atoms with Gasteiger partial charge < -0.3 is 10.6 Å². The lowest BCUT2D eigenvalue weighted by Gasteiger charge is -2.09. The Balaban J connectivity index is 1.93. The maximum Gasteiger partial charge on any atom is 0.270 e.